The summed E-state index contributed by atoms with van der Waals surface area (Å²) in [5, 5.41) is 9.34. The SMILES string of the molecule is O=C1CC(C(=O)O)c2cc(Cl)ccc21. The Kier molecular flexibility index (Phi) is 2.04. The molecule has 1 aromatic carbocycles. The highest BCUT2D eigenvalue weighted by Crippen LogP contribution is 2.34. The molecule has 0 saturated heterocycles. The van der Waals surface area contributed by atoms with E-state index >= 15 is 0 Å². The molecule has 72 valence electrons. The molecule has 2 rings (SSSR count). The van der Waals surface area contributed by atoms with Gasteiger partial charge >= 0.3 is 5.97 Å². The van der Waals surface area contributed by atoms with Crippen LogP contribution >= 0.6 is 11.6 Å². The second-order valence-corrected chi connectivity index (χ2v) is 3.69. The van der Waals surface area contributed by atoms with Crippen LogP contribution in [0, 0.1) is 0 Å². The van der Waals surface area contributed by atoms with Gasteiger partial charge in [0.2, 0.25) is 0 Å². The minimum atomic E-state index is -0.973. The second-order valence-electron chi connectivity index (χ2n) is 3.25. The molecule has 0 amide bonds. The highest BCUT2D eigenvalue weighted by molar-refractivity contribution is 6.31. The molecule has 0 heterocycles. The predicted octanol–water partition coefficient (Wildman–Crippen LogP) is 2.09. The molecule has 0 bridgehead atoms. The Hall–Kier alpha value is -1.35. The molecule has 0 fully saturated rings. The molecule has 4 heteroatoms. The summed E-state index contributed by atoms with van der Waals surface area (Å²) in [4.78, 5) is 22.2. The Morgan fingerprint density at radius 2 is 2.21 bits per heavy atom. The van der Waals surface area contributed by atoms with E-state index in [-0.39, 0.29) is 12.2 Å². The normalized spacial score (nSPS) is 19.5. The Morgan fingerprint density at radius 3 is 2.86 bits per heavy atom. The lowest BCUT2D eigenvalue weighted by molar-refractivity contribution is -0.138. The van der Waals surface area contributed by atoms with Crippen molar-refractivity contribution in [3.05, 3.63) is 34.3 Å². The van der Waals surface area contributed by atoms with Gasteiger partial charge in [-0.25, -0.2) is 0 Å². The molecule has 1 atom stereocenters. The minimum absolute atomic E-state index is 0.0466. The van der Waals surface area contributed by atoms with Crippen LogP contribution in [0.15, 0.2) is 18.2 Å². The lowest BCUT2D eigenvalue weighted by Crippen LogP contribution is -2.08. The van der Waals surface area contributed by atoms with Crippen LogP contribution in [0.5, 0.6) is 0 Å². The van der Waals surface area contributed by atoms with E-state index in [1.165, 1.54) is 0 Å². The maximum Gasteiger partial charge on any atom is 0.311 e. The van der Waals surface area contributed by atoms with Crippen LogP contribution in [-0.4, -0.2) is 16.9 Å². The van der Waals surface area contributed by atoms with Crippen molar-refractivity contribution in [1.82, 2.24) is 0 Å². The summed E-state index contributed by atoms with van der Waals surface area (Å²) in [7, 11) is 0. The zero-order chi connectivity index (χ0) is 10.3. The average Bonchev–Trinajstić information content (AvgIpc) is 2.43. The van der Waals surface area contributed by atoms with E-state index < -0.39 is 11.9 Å². The smallest absolute Gasteiger partial charge is 0.311 e. The largest absolute Gasteiger partial charge is 0.481 e. The third kappa shape index (κ3) is 1.30. The summed E-state index contributed by atoms with van der Waals surface area (Å²) in [5.41, 5.74) is 1.02. The molecule has 0 saturated carbocycles. The molecule has 0 spiro atoms. The van der Waals surface area contributed by atoms with Crippen LogP contribution in [0.3, 0.4) is 0 Å². The third-order valence-corrected chi connectivity index (χ3v) is 2.61. The summed E-state index contributed by atoms with van der Waals surface area (Å²) >= 11 is 5.74. The highest BCUT2D eigenvalue weighted by atomic mass is 35.5. The number of hydrogen-bond donors (Lipinski definition) is 1. The maximum absolute atomic E-state index is 11.4. The Morgan fingerprint density at radius 1 is 1.50 bits per heavy atom. The van der Waals surface area contributed by atoms with E-state index in [1.54, 1.807) is 18.2 Å². The Balaban J connectivity index is 2.56. The van der Waals surface area contributed by atoms with Gasteiger partial charge in [0.15, 0.2) is 5.78 Å². The van der Waals surface area contributed by atoms with Gasteiger partial charge in [0.25, 0.3) is 0 Å². The van der Waals surface area contributed by atoms with Crippen molar-refractivity contribution in [3.63, 3.8) is 0 Å². The molecule has 0 aliphatic heterocycles. The van der Waals surface area contributed by atoms with E-state index in [9.17, 15) is 9.59 Å². The summed E-state index contributed by atoms with van der Waals surface area (Å²) < 4.78 is 0. The zero-order valence-corrected chi connectivity index (χ0v) is 7.91. The van der Waals surface area contributed by atoms with Crippen molar-refractivity contribution >= 4 is 23.4 Å². The molecule has 1 N–H and O–H groups in total. The van der Waals surface area contributed by atoms with Gasteiger partial charge in [0.1, 0.15) is 0 Å². The fourth-order valence-electron chi connectivity index (χ4n) is 1.70. The van der Waals surface area contributed by atoms with Gasteiger partial charge in [-0.2, -0.15) is 0 Å². The first-order valence-electron chi connectivity index (χ1n) is 4.15. The first-order valence-corrected chi connectivity index (χ1v) is 4.53. The number of aliphatic carboxylic acids is 1. The van der Waals surface area contributed by atoms with Gasteiger partial charge in [0.05, 0.1) is 5.92 Å². The number of carboxylic acid groups (broad SMARTS) is 1. The van der Waals surface area contributed by atoms with Crippen molar-refractivity contribution < 1.29 is 14.7 Å². The lowest BCUT2D eigenvalue weighted by Gasteiger charge is -2.03. The molecule has 1 aromatic rings. The zero-order valence-electron chi connectivity index (χ0n) is 7.16. The molecular formula is C10H7ClO3. The summed E-state index contributed by atoms with van der Waals surface area (Å²) in [6.45, 7) is 0. The molecule has 14 heavy (non-hydrogen) atoms. The van der Waals surface area contributed by atoms with E-state index in [4.69, 9.17) is 16.7 Å². The number of halogens is 1. The molecule has 0 radical (unpaired) electrons. The van der Waals surface area contributed by atoms with Crippen LogP contribution in [0.4, 0.5) is 0 Å². The van der Waals surface area contributed by atoms with E-state index in [1.807, 2.05) is 0 Å². The third-order valence-electron chi connectivity index (χ3n) is 2.38. The van der Waals surface area contributed by atoms with Crippen molar-refractivity contribution in [1.29, 1.82) is 0 Å². The minimum Gasteiger partial charge on any atom is -0.481 e. The van der Waals surface area contributed by atoms with Gasteiger partial charge < -0.3 is 5.11 Å². The van der Waals surface area contributed by atoms with Crippen LogP contribution in [0.25, 0.3) is 0 Å². The number of carboxylic acids is 1. The van der Waals surface area contributed by atoms with Gasteiger partial charge in [-0.3, -0.25) is 9.59 Å². The first-order chi connectivity index (χ1) is 6.59. The topological polar surface area (TPSA) is 54.4 Å². The number of ketones is 1. The number of carbonyl (C=O) groups excluding carboxylic acids is 1. The predicted molar refractivity (Wildman–Crippen MR) is 50.8 cm³/mol. The van der Waals surface area contributed by atoms with E-state index in [2.05, 4.69) is 0 Å². The summed E-state index contributed by atoms with van der Waals surface area (Å²) in [6.07, 6.45) is 0.0466. The van der Waals surface area contributed by atoms with Crippen molar-refractivity contribution in [2.75, 3.05) is 0 Å². The lowest BCUT2D eigenvalue weighted by atomic mass is 10.0. The number of benzene rings is 1. The quantitative estimate of drug-likeness (QED) is 0.772. The van der Waals surface area contributed by atoms with Gasteiger partial charge in [-0.15, -0.1) is 0 Å². The number of hydrogen-bond acceptors (Lipinski definition) is 2. The van der Waals surface area contributed by atoms with Crippen LogP contribution in [-0.2, 0) is 4.79 Å². The molecule has 1 aliphatic rings. The maximum atomic E-state index is 11.4. The van der Waals surface area contributed by atoms with Crippen molar-refractivity contribution in [2.24, 2.45) is 0 Å². The van der Waals surface area contributed by atoms with E-state index in [0.717, 1.165) is 0 Å². The van der Waals surface area contributed by atoms with Crippen LogP contribution in [0.1, 0.15) is 28.3 Å². The van der Waals surface area contributed by atoms with E-state index in [0.29, 0.717) is 16.1 Å². The first kappa shape index (κ1) is 9.21. The van der Waals surface area contributed by atoms with Gasteiger partial charge in [0, 0.05) is 17.0 Å². The van der Waals surface area contributed by atoms with Crippen molar-refractivity contribution in [2.45, 2.75) is 12.3 Å². The second kappa shape index (κ2) is 3.10. The molecular weight excluding hydrogens is 204 g/mol. The molecule has 1 aliphatic carbocycles. The average molecular weight is 211 g/mol. The van der Waals surface area contributed by atoms with Crippen molar-refractivity contribution in [3.8, 4) is 0 Å². The number of carbonyl (C=O) groups is 2. The van der Waals surface area contributed by atoms with Crippen LogP contribution < -0.4 is 0 Å². The summed E-state index contributed by atoms with van der Waals surface area (Å²) in [5.74, 6) is -1.82. The van der Waals surface area contributed by atoms with Gasteiger partial charge in [-0.1, -0.05) is 11.6 Å². The van der Waals surface area contributed by atoms with Gasteiger partial charge in [-0.05, 0) is 23.8 Å². The number of rotatable bonds is 1. The van der Waals surface area contributed by atoms with Crippen LogP contribution in [0.2, 0.25) is 5.02 Å². The number of Topliss-reactive ketones (excluding diaryl/α,β-unsaturated/α-hetero) is 1. The fourth-order valence-corrected chi connectivity index (χ4v) is 1.88. The molecule has 3 nitrogen and oxygen atoms in total. The Labute approximate surface area is 85.3 Å². The monoisotopic (exact) mass is 210 g/mol. The molecule has 1 unspecified atom stereocenters. The summed E-state index contributed by atoms with van der Waals surface area (Å²) in [6, 6.07) is 4.74. The highest BCUT2D eigenvalue weighted by Gasteiger charge is 2.34. The standard InChI is InChI=1S/C10H7ClO3/c11-5-1-2-6-7(3-5)8(10(13)14)4-9(6)12/h1-3,8H,4H2,(H,13,14). The number of fused-ring (bicyclic) bond motifs is 1. The fraction of sp³-hybridized carbons (Fsp3) is 0.200. The molecule has 0 aromatic heterocycles. The Bertz CT molecular complexity index is 425.